The van der Waals surface area contributed by atoms with Gasteiger partial charge in [-0.2, -0.15) is 4.31 Å². The van der Waals surface area contributed by atoms with E-state index < -0.39 is 22.0 Å². The molecule has 3 rings (SSSR count). The number of furan rings is 1. The highest BCUT2D eigenvalue weighted by atomic mass is 35.5. The van der Waals surface area contributed by atoms with Crippen molar-refractivity contribution in [2.24, 2.45) is 0 Å². The van der Waals surface area contributed by atoms with Gasteiger partial charge < -0.3 is 14.6 Å². The monoisotopic (exact) mass is 430 g/mol. The average Bonchev–Trinajstić information content (AvgIpc) is 3.16. The first-order valence-electron chi connectivity index (χ1n) is 8.17. The zero-order valence-electron chi connectivity index (χ0n) is 14.7. The van der Waals surface area contributed by atoms with Crippen LogP contribution in [0.3, 0.4) is 0 Å². The van der Waals surface area contributed by atoms with Crippen LogP contribution in [0.2, 0.25) is 5.02 Å². The van der Waals surface area contributed by atoms with Gasteiger partial charge in [-0.25, -0.2) is 18.0 Å². The Labute approximate surface area is 166 Å². The van der Waals surface area contributed by atoms with E-state index >= 15 is 0 Å². The molecule has 1 aliphatic heterocycles. The van der Waals surface area contributed by atoms with Crippen molar-refractivity contribution in [2.75, 3.05) is 26.2 Å². The van der Waals surface area contributed by atoms with Crippen LogP contribution in [0.25, 0.3) is 0 Å². The Morgan fingerprint density at radius 3 is 2.04 bits per heavy atom. The van der Waals surface area contributed by atoms with E-state index in [4.69, 9.17) is 35.8 Å². The summed E-state index contributed by atoms with van der Waals surface area (Å²) < 4.78 is 32.0. The molecule has 2 aromatic rings. The highest BCUT2D eigenvalue weighted by Crippen LogP contribution is 2.20. The van der Waals surface area contributed by atoms with Gasteiger partial charge in [-0.3, -0.25) is 4.90 Å². The molecule has 28 heavy (non-hydrogen) atoms. The van der Waals surface area contributed by atoms with Gasteiger partial charge in [0.1, 0.15) is 5.76 Å². The second-order valence-electron chi connectivity index (χ2n) is 5.82. The Morgan fingerprint density at radius 1 is 1.00 bits per heavy atom. The van der Waals surface area contributed by atoms with Crippen LogP contribution in [0.15, 0.2) is 52.0 Å². The molecule has 152 valence electrons. The van der Waals surface area contributed by atoms with Crippen LogP contribution in [0.5, 0.6) is 0 Å². The lowest BCUT2D eigenvalue weighted by Gasteiger charge is -2.33. The fourth-order valence-electron chi connectivity index (χ4n) is 2.51. The topological polar surface area (TPSA) is 128 Å². The molecule has 9 nitrogen and oxygen atoms in total. The summed E-state index contributed by atoms with van der Waals surface area (Å²) in [4.78, 5) is 20.7. The fraction of sp³-hybridized carbons (Fsp3) is 0.294. The van der Waals surface area contributed by atoms with Crippen molar-refractivity contribution in [3.8, 4) is 0 Å². The molecule has 0 saturated carbocycles. The molecule has 0 amide bonds. The number of nitrogens with zero attached hydrogens (tertiary/aromatic N) is 2. The Balaban J connectivity index is 0.000000409. The van der Waals surface area contributed by atoms with Crippen molar-refractivity contribution in [1.82, 2.24) is 9.21 Å². The van der Waals surface area contributed by atoms with Gasteiger partial charge >= 0.3 is 11.9 Å². The summed E-state index contributed by atoms with van der Waals surface area (Å²) in [6.45, 7) is 3.04. The summed E-state index contributed by atoms with van der Waals surface area (Å²) >= 11 is 5.81. The van der Waals surface area contributed by atoms with E-state index in [-0.39, 0.29) is 4.90 Å². The summed E-state index contributed by atoms with van der Waals surface area (Å²) in [5, 5.41) is 15.3. The van der Waals surface area contributed by atoms with E-state index in [1.54, 1.807) is 30.5 Å². The third-order valence-electron chi connectivity index (χ3n) is 3.93. The summed E-state index contributed by atoms with van der Waals surface area (Å²) in [7, 11) is -3.44. The number of sulfonamides is 1. The minimum Gasteiger partial charge on any atom is -0.473 e. The van der Waals surface area contributed by atoms with Gasteiger partial charge in [0, 0.05) is 31.2 Å². The molecule has 2 N–H and O–H groups in total. The summed E-state index contributed by atoms with van der Waals surface area (Å²) in [6, 6.07) is 10.1. The number of aliphatic carboxylic acids is 2. The Hall–Kier alpha value is -2.40. The molecule has 0 radical (unpaired) electrons. The van der Waals surface area contributed by atoms with Gasteiger partial charge in [0.15, 0.2) is 0 Å². The van der Waals surface area contributed by atoms with Gasteiger partial charge in [0.2, 0.25) is 10.0 Å². The lowest BCUT2D eigenvalue weighted by Crippen LogP contribution is -2.48. The molecule has 1 aromatic carbocycles. The van der Waals surface area contributed by atoms with Gasteiger partial charge in [-0.05, 0) is 36.4 Å². The molecule has 1 aromatic heterocycles. The molecular weight excluding hydrogens is 412 g/mol. The van der Waals surface area contributed by atoms with E-state index in [1.165, 1.54) is 4.31 Å². The fourth-order valence-corrected chi connectivity index (χ4v) is 4.05. The predicted molar refractivity (Wildman–Crippen MR) is 99.5 cm³/mol. The van der Waals surface area contributed by atoms with Crippen molar-refractivity contribution in [3.05, 3.63) is 53.4 Å². The Morgan fingerprint density at radius 2 is 1.57 bits per heavy atom. The van der Waals surface area contributed by atoms with Gasteiger partial charge in [-0.1, -0.05) is 11.6 Å². The lowest BCUT2D eigenvalue weighted by molar-refractivity contribution is -0.159. The maximum absolute atomic E-state index is 12.6. The molecule has 1 fully saturated rings. The largest absolute Gasteiger partial charge is 0.473 e. The number of benzene rings is 1. The van der Waals surface area contributed by atoms with Crippen molar-refractivity contribution in [2.45, 2.75) is 11.4 Å². The Kier molecular flexibility index (Phi) is 7.58. The standard InChI is InChI=1S/C15H17ClN2O3S.C2H2O4/c16-13-3-5-15(6-4-13)22(19,20)18-9-7-17(8-10-18)12-14-2-1-11-21-14;3-1(4)2(5)6/h1-6,11H,7-10,12H2;(H,3,4)(H,5,6). The molecule has 11 heteroatoms. The molecule has 2 heterocycles. The third kappa shape index (κ3) is 6.06. The number of piperazine rings is 1. The maximum atomic E-state index is 12.6. The normalized spacial score (nSPS) is 15.5. The number of halogens is 1. The predicted octanol–water partition coefficient (Wildman–Crippen LogP) is 1.60. The first-order chi connectivity index (χ1) is 13.2. The van der Waals surface area contributed by atoms with Crippen LogP contribution < -0.4 is 0 Å². The number of carboxylic acids is 2. The smallest absolute Gasteiger partial charge is 0.414 e. The number of hydrogen-bond donors (Lipinski definition) is 2. The van der Waals surface area contributed by atoms with Gasteiger partial charge in [0.25, 0.3) is 0 Å². The second kappa shape index (κ2) is 9.69. The van der Waals surface area contributed by atoms with Crippen LogP contribution in [0.1, 0.15) is 5.76 Å². The molecule has 1 aliphatic rings. The van der Waals surface area contributed by atoms with Crippen LogP contribution in [-0.4, -0.2) is 66.0 Å². The van der Waals surface area contributed by atoms with Crippen molar-refractivity contribution >= 4 is 33.6 Å². The molecule has 0 unspecified atom stereocenters. The molecule has 0 aliphatic carbocycles. The van der Waals surface area contributed by atoms with Crippen LogP contribution >= 0.6 is 11.6 Å². The number of carbonyl (C=O) groups is 2. The van der Waals surface area contributed by atoms with Crippen LogP contribution in [-0.2, 0) is 26.2 Å². The highest BCUT2D eigenvalue weighted by Gasteiger charge is 2.28. The first-order valence-corrected chi connectivity index (χ1v) is 9.98. The summed E-state index contributed by atoms with van der Waals surface area (Å²) in [6.07, 6.45) is 1.65. The van der Waals surface area contributed by atoms with E-state index in [0.717, 1.165) is 5.76 Å². The SMILES string of the molecule is O=C(O)C(=O)O.O=S(=O)(c1ccc(Cl)cc1)N1CCN(Cc2ccco2)CC1. The quantitative estimate of drug-likeness (QED) is 0.700. The molecular formula is C17H19ClN2O7S. The molecule has 0 atom stereocenters. The summed E-state index contributed by atoms with van der Waals surface area (Å²) in [5.41, 5.74) is 0. The van der Waals surface area contributed by atoms with Crippen molar-refractivity contribution < 1.29 is 32.6 Å². The average molecular weight is 431 g/mol. The third-order valence-corrected chi connectivity index (χ3v) is 6.09. The second-order valence-corrected chi connectivity index (χ2v) is 8.20. The van der Waals surface area contributed by atoms with E-state index in [9.17, 15) is 8.42 Å². The number of carboxylic acid groups (broad SMARTS) is 2. The minimum absolute atomic E-state index is 0.288. The van der Waals surface area contributed by atoms with E-state index in [1.807, 2.05) is 12.1 Å². The van der Waals surface area contributed by atoms with Crippen LogP contribution in [0.4, 0.5) is 0 Å². The van der Waals surface area contributed by atoms with E-state index in [2.05, 4.69) is 4.90 Å². The minimum atomic E-state index is -3.44. The number of rotatable bonds is 4. The zero-order chi connectivity index (χ0) is 20.7. The summed E-state index contributed by atoms with van der Waals surface area (Å²) in [5.74, 6) is -2.75. The van der Waals surface area contributed by atoms with Crippen LogP contribution in [0, 0.1) is 0 Å². The van der Waals surface area contributed by atoms with E-state index in [0.29, 0.717) is 37.7 Å². The van der Waals surface area contributed by atoms with Crippen molar-refractivity contribution in [1.29, 1.82) is 0 Å². The van der Waals surface area contributed by atoms with Crippen molar-refractivity contribution in [3.63, 3.8) is 0 Å². The van der Waals surface area contributed by atoms with Gasteiger partial charge in [0.05, 0.1) is 17.7 Å². The number of hydrogen-bond acceptors (Lipinski definition) is 6. The molecule has 0 spiro atoms. The first kappa shape index (κ1) is 21.9. The maximum Gasteiger partial charge on any atom is 0.414 e. The Bertz CT molecular complexity index is 878. The zero-order valence-corrected chi connectivity index (χ0v) is 16.3. The highest BCUT2D eigenvalue weighted by molar-refractivity contribution is 7.89. The molecule has 1 saturated heterocycles. The lowest BCUT2D eigenvalue weighted by atomic mass is 10.3. The van der Waals surface area contributed by atoms with Gasteiger partial charge in [-0.15, -0.1) is 0 Å². The molecule has 0 bridgehead atoms.